The molecule has 0 heterocycles. The zero-order valence-corrected chi connectivity index (χ0v) is 20.4. The highest BCUT2D eigenvalue weighted by atomic mass is 16.5. The summed E-state index contributed by atoms with van der Waals surface area (Å²) in [6.07, 6.45) is 0.531. The molecule has 2 unspecified atom stereocenters. The van der Waals surface area contributed by atoms with Gasteiger partial charge in [0.25, 0.3) is 5.91 Å². The molecule has 0 radical (unpaired) electrons. The summed E-state index contributed by atoms with van der Waals surface area (Å²) < 4.78 is 11.3. The Morgan fingerprint density at radius 3 is 2.18 bits per heavy atom. The Kier molecular flexibility index (Phi) is 10.9. The van der Waals surface area contributed by atoms with Gasteiger partial charge in [0, 0.05) is 18.5 Å². The van der Waals surface area contributed by atoms with Crippen molar-refractivity contribution in [2.24, 2.45) is 0 Å². The van der Waals surface area contributed by atoms with E-state index in [9.17, 15) is 14.4 Å². The molecule has 184 valence electrons. The number of rotatable bonds is 12. The molecule has 0 aliphatic carbocycles. The Hall–Kier alpha value is -3.55. The lowest BCUT2D eigenvalue weighted by atomic mass is 9.98. The molecule has 2 aromatic carbocycles. The molecule has 0 fully saturated rings. The molecular weight excluding hydrogens is 434 g/mol. The number of benzene rings is 2. The minimum Gasteiger partial charge on any atom is -0.494 e. The van der Waals surface area contributed by atoms with Gasteiger partial charge in [0.1, 0.15) is 11.5 Å². The Bertz CT molecular complexity index is 946. The lowest BCUT2D eigenvalue weighted by Gasteiger charge is -2.21. The molecule has 2 aromatic rings. The van der Waals surface area contributed by atoms with Gasteiger partial charge < -0.3 is 14.8 Å². The summed E-state index contributed by atoms with van der Waals surface area (Å²) in [6, 6.07) is 14.6. The van der Waals surface area contributed by atoms with Gasteiger partial charge in [0.15, 0.2) is 6.10 Å². The van der Waals surface area contributed by atoms with Crippen LogP contribution in [-0.4, -0.2) is 30.4 Å². The Labute approximate surface area is 201 Å². The van der Waals surface area contributed by atoms with E-state index in [-0.39, 0.29) is 18.7 Å². The first-order valence-electron chi connectivity index (χ1n) is 11.7. The Morgan fingerprint density at radius 2 is 1.53 bits per heavy atom. The van der Waals surface area contributed by atoms with Crippen LogP contribution in [0.1, 0.15) is 64.9 Å². The second kappa shape index (κ2) is 13.9. The van der Waals surface area contributed by atoms with Gasteiger partial charge in [-0.2, -0.15) is 0 Å². The summed E-state index contributed by atoms with van der Waals surface area (Å²) in [5.41, 5.74) is 6.41. The molecule has 3 N–H and O–H groups in total. The maximum atomic E-state index is 12.5. The smallest absolute Gasteiger partial charge is 0.279 e. The van der Waals surface area contributed by atoms with Crippen molar-refractivity contribution in [2.45, 2.75) is 65.4 Å². The highest BCUT2D eigenvalue weighted by molar-refractivity contribution is 5.93. The second-order valence-corrected chi connectivity index (χ2v) is 7.90. The van der Waals surface area contributed by atoms with E-state index in [1.165, 1.54) is 0 Å². The fourth-order valence-electron chi connectivity index (χ4n) is 3.22. The van der Waals surface area contributed by atoms with Gasteiger partial charge >= 0.3 is 0 Å². The fourth-order valence-corrected chi connectivity index (χ4v) is 3.22. The van der Waals surface area contributed by atoms with E-state index in [4.69, 9.17) is 9.47 Å². The molecule has 0 spiro atoms. The van der Waals surface area contributed by atoms with Gasteiger partial charge in [-0.25, -0.2) is 0 Å². The third-order valence-corrected chi connectivity index (χ3v) is 5.35. The molecule has 0 aliphatic heterocycles. The van der Waals surface area contributed by atoms with Crippen molar-refractivity contribution >= 4 is 23.4 Å². The van der Waals surface area contributed by atoms with Crippen molar-refractivity contribution in [1.29, 1.82) is 0 Å². The fraction of sp³-hybridized carbons (Fsp3) is 0.423. The Morgan fingerprint density at radius 1 is 0.853 bits per heavy atom. The number of ether oxygens (including phenoxy) is 2. The number of hydrogen-bond donors (Lipinski definition) is 3. The third kappa shape index (κ3) is 8.42. The zero-order valence-electron chi connectivity index (χ0n) is 20.4. The predicted octanol–water partition coefficient (Wildman–Crippen LogP) is 4.32. The van der Waals surface area contributed by atoms with Crippen molar-refractivity contribution in [3.63, 3.8) is 0 Å². The highest BCUT2D eigenvalue weighted by Crippen LogP contribution is 2.29. The van der Waals surface area contributed by atoms with Gasteiger partial charge in [-0.05, 0) is 61.6 Å². The summed E-state index contributed by atoms with van der Waals surface area (Å²) in [6.45, 7) is 8.50. The van der Waals surface area contributed by atoms with Crippen LogP contribution < -0.4 is 25.6 Å². The van der Waals surface area contributed by atoms with Crippen molar-refractivity contribution in [3.05, 3.63) is 54.1 Å². The molecule has 0 saturated carbocycles. The van der Waals surface area contributed by atoms with Crippen LogP contribution in [0, 0.1) is 0 Å². The van der Waals surface area contributed by atoms with E-state index >= 15 is 0 Å². The summed E-state index contributed by atoms with van der Waals surface area (Å²) >= 11 is 0. The number of nitrogens with one attached hydrogen (secondary N) is 3. The third-order valence-electron chi connectivity index (χ3n) is 5.35. The van der Waals surface area contributed by atoms with Gasteiger partial charge in [-0.15, -0.1) is 0 Å². The molecule has 0 aliphatic rings. The molecule has 0 aromatic heterocycles. The zero-order chi connectivity index (χ0) is 24.9. The standard InChI is InChI=1S/C26H35N3O5/c1-5-18(4)21-10-8-9-11-23(21)34-22(6-2)26(32)29-28-25(31)17-16-24(30)27-19-12-14-20(15-13-19)33-7-3/h8-15,18,22H,5-7,16-17H2,1-4H3,(H,27,30)(H,28,31)(H,29,32). The average Bonchev–Trinajstić information content (AvgIpc) is 2.85. The van der Waals surface area contributed by atoms with Crippen LogP contribution in [0.2, 0.25) is 0 Å². The van der Waals surface area contributed by atoms with Crippen LogP contribution in [0.4, 0.5) is 5.69 Å². The van der Waals surface area contributed by atoms with Crippen LogP contribution >= 0.6 is 0 Å². The first-order chi connectivity index (χ1) is 16.4. The number of amides is 3. The van der Waals surface area contributed by atoms with Crippen LogP contribution in [-0.2, 0) is 14.4 Å². The van der Waals surface area contributed by atoms with Gasteiger partial charge in [-0.1, -0.05) is 39.0 Å². The normalized spacial score (nSPS) is 12.2. The van der Waals surface area contributed by atoms with Gasteiger partial charge in [-0.3, -0.25) is 25.2 Å². The van der Waals surface area contributed by atoms with Crippen LogP contribution in [0.3, 0.4) is 0 Å². The maximum absolute atomic E-state index is 12.5. The number of para-hydroxylation sites is 1. The molecule has 0 saturated heterocycles. The van der Waals surface area contributed by atoms with E-state index in [1.807, 2.05) is 38.1 Å². The molecule has 8 heteroatoms. The lowest BCUT2D eigenvalue weighted by molar-refractivity contribution is -0.133. The number of carbonyl (C=O) groups excluding carboxylic acids is 3. The number of carbonyl (C=O) groups is 3. The predicted molar refractivity (Wildman–Crippen MR) is 132 cm³/mol. The molecule has 0 bridgehead atoms. The monoisotopic (exact) mass is 469 g/mol. The van der Waals surface area contributed by atoms with Gasteiger partial charge in [0.05, 0.1) is 6.61 Å². The van der Waals surface area contributed by atoms with E-state index in [0.717, 1.165) is 12.0 Å². The molecule has 34 heavy (non-hydrogen) atoms. The number of anilines is 1. The average molecular weight is 470 g/mol. The van der Waals surface area contributed by atoms with Crippen LogP contribution in [0.15, 0.2) is 48.5 Å². The van der Waals surface area contributed by atoms with Crippen molar-refractivity contribution in [3.8, 4) is 11.5 Å². The number of hydrazine groups is 1. The Balaban J connectivity index is 1.79. The largest absolute Gasteiger partial charge is 0.494 e. The van der Waals surface area contributed by atoms with Crippen molar-refractivity contribution in [2.75, 3.05) is 11.9 Å². The molecule has 2 atom stereocenters. The summed E-state index contributed by atoms with van der Waals surface area (Å²) in [7, 11) is 0. The minimum absolute atomic E-state index is 0.0229. The second-order valence-electron chi connectivity index (χ2n) is 7.90. The molecule has 8 nitrogen and oxygen atoms in total. The number of hydrogen-bond acceptors (Lipinski definition) is 5. The van der Waals surface area contributed by atoms with Crippen LogP contribution in [0.5, 0.6) is 11.5 Å². The van der Waals surface area contributed by atoms with E-state index in [2.05, 4.69) is 30.0 Å². The minimum atomic E-state index is -0.756. The van der Waals surface area contributed by atoms with E-state index in [1.54, 1.807) is 24.3 Å². The van der Waals surface area contributed by atoms with Crippen molar-refractivity contribution < 1.29 is 23.9 Å². The summed E-state index contributed by atoms with van der Waals surface area (Å²) in [5, 5.41) is 2.72. The van der Waals surface area contributed by atoms with Gasteiger partial charge in [0.2, 0.25) is 11.8 Å². The maximum Gasteiger partial charge on any atom is 0.279 e. The first-order valence-corrected chi connectivity index (χ1v) is 11.7. The topological polar surface area (TPSA) is 106 Å². The summed E-state index contributed by atoms with van der Waals surface area (Å²) in [5.74, 6) is 0.454. The van der Waals surface area contributed by atoms with Crippen LogP contribution in [0.25, 0.3) is 0 Å². The highest BCUT2D eigenvalue weighted by Gasteiger charge is 2.21. The first kappa shape index (κ1) is 26.7. The van der Waals surface area contributed by atoms with E-state index < -0.39 is 17.9 Å². The van der Waals surface area contributed by atoms with E-state index in [0.29, 0.717) is 36.1 Å². The SMILES string of the molecule is CCOc1ccc(NC(=O)CCC(=O)NNC(=O)C(CC)Oc2ccccc2C(C)CC)cc1. The van der Waals surface area contributed by atoms with Crippen molar-refractivity contribution in [1.82, 2.24) is 10.9 Å². The molecular formula is C26H35N3O5. The summed E-state index contributed by atoms with van der Waals surface area (Å²) in [4.78, 5) is 36.8. The quantitative estimate of drug-likeness (QED) is 0.402. The molecule has 3 amide bonds. The lowest BCUT2D eigenvalue weighted by Crippen LogP contribution is -2.48. The molecule has 2 rings (SSSR count).